The van der Waals surface area contributed by atoms with E-state index < -0.39 is 6.10 Å². The highest BCUT2D eigenvalue weighted by Gasteiger charge is 2.25. The molecule has 0 aliphatic carbocycles. The quantitative estimate of drug-likeness (QED) is 0.531. The van der Waals surface area contributed by atoms with Gasteiger partial charge in [-0.1, -0.05) is 59.6 Å². The highest BCUT2D eigenvalue weighted by Crippen LogP contribution is 2.33. The first kappa shape index (κ1) is 20.1. The van der Waals surface area contributed by atoms with Crippen LogP contribution >= 0.6 is 23.2 Å². The van der Waals surface area contributed by atoms with Gasteiger partial charge in [0, 0.05) is 10.6 Å². The van der Waals surface area contributed by atoms with Crippen LogP contribution in [0.5, 0.6) is 11.5 Å². The van der Waals surface area contributed by atoms with E-state index in [1.165, 1.54) is 0 Å². The van der Waals surface area contributed by atoms with Gasteiger partial charge in [0.15, 0.2) is 0 Å². The van der Waals surface area contributed by atoms with Gasteiger partial charge in [-0.15, -0.1) is 0 Å². The number of carbonyl (C=O) groups is 1. The average molecular weight is 416 g/mol. The number of benzene rings is 3. The molecule has 4 nitrogen and oxygen atoms in total. The fourth-order valence-corrected chi connectivity index (χ4v) is 3.17. The lowest BCUT2D eigenvalue weighted by Crippen LogP contribution is -2.26. The molecule has 3 aromatic carbocycles. The van der Waals surface area contributed by atoms with E-state index in [0.29, 0.717) is 32.8 Å². The van der Waals surface area contributed by atoms with E-state index >= 15 is 0 Å². The minimum absolute atomic E-state index is 0.328. The molecule has 0 saturated heterocycles. The summed E-state index contributed by atoms with van der Waals surface area (Å²) in [5.74, 6) is 0.586. The van der Waals surface area contributed by atoms with Crippen LogP contribution in [0.2, 0.25) is 10.0 Å². The number of carbonyl (C=O) groups excluding carboxylic acids is 1. The Hall–Kier alpha value is -2.69. The number of nitrogens with one attached hydrogen (secondary N) is 1. The lowest BCUT2D eigenvalue weighted by molar-refractivity contribution is -0.123. The van der Waals surface area contributed by atoms with Gasteiger partial charge in [0.2, 0.25) is 6.10 Å². The van der Waals surface area contributed by atoms with E-state index in [1.807, 2.05) is 49.4 Å². The van der Waals surface area contributed by atoms with Crippen LogP contribution in [-0.2, 0) is 4.79 Å². The van der Waals surface area contributed by atoms with Crippen molar-refractivity contribution in [2.24, 2.45) is 0 Å². The van der Waals surface area contributed by atoms with Gasteiger partial charge >= 0.3 is 0 Å². The van der Waals surface area contributed by atoms with Crippen molar-refractivity contribution in [2.45, 2.75) is 13.0 Å². The van der Waals surface area contributed by atoms with Crippen LogP contribution < -0.4 is 14.8 Å². The minimum Gasteiger partial charge on any atom is -0.495 e. The third-order valence-corrected chi connectivity index (χ3v) is 4.62. The highest BCUT2D eigenvalue weighted by molar-refractivity contribution is 6.35. The summed E-state index contributed by atoms with van der Waals surface area (Å²) in [6.45, 7) is 1.94. The van der Waals surface area contributed by atoms with Crippen molar-refractivity contribution in [1.29, 1.82) is 0 Å². The van der Waals surface area contributed by atoms with Crippen molar-refractivity contribution < 1.29 is 14.3 Å². The Balaban J connectivity index is 1.93. The monoisotopic (exact) mass is 415 g/mol. The molecule has 0 fully saturated rings. The molecule has 1 atom stereocenters. The largest absolute Gasteiger partial charge is 0.495 e. The van der Waals surface area contributed by atoms with E-state index in [9.17, 15) is 4.79 Å². The van der Waals surface area contributed by atoms with Crippen LogP contribution in [0, 0.1) is 6.92 Å². The first-order chi connectivity index (χ1) is 13.5. The topological polar surface area (TPSA) is 47.6 Å². The molecular formula is C22H19Cl2NO3. The molecule has 28 heavy (non-hydrogen) atoms. The molecule has 144 valence electrons. The SMILES string of the molecule is COc1ccc(C)cc1NC(=O)[C@@H](Oc1ccc(Cl)cc1Cl)c1ccccc1. The number of hydrogen-bond donors (Lipinski definition) is 1. The summed E-state index contributed by atoms with van der Waals surface area (Å²) in [5.41, 5.74) is 2.26. The number of anilines is 1. The normalized spacial score (nSPS) is 11.6. The van der Waals surface area contributed by atoms with Crippen LogP contribution in [0.3, 0.4) is 0 Å². The molecule has 0 spiro atoms. The Kier molecular flexibility index (Phi) is 6.45. The van der Waals surface area contributed by atoms with Gasteiger partial charge in [0.25, 0.3) is 5.91 Å². The second-order valence-corrected chi connectivity index (χ2v) is 7.02. The maximum Gasteiger partial charge on any atom is 0.270 e. The Bertz CT molecular complexity index is 977. The molecule has 0 saturated carbocycles. The second kappa shape index (κ2) is 9.00. The number of halogens is 2. The molecule has 1 N–H and O–H groups in total. The van der Waals surface area contributed by atoms with E-state index in [2.05, 4.69) is 5.32 Å². The van der Waals surface area contributed by atoms with E-state index in [0.717, 1.165) is 5.56 Å². The van der Waals surface area contributed by atoms with Crippen LogP contribution in [-0.4, -0.2) is 13.0 Å². The summed E-state index contributed by atoms with van der Waals surface area (Å²) in [5, 5.41) is 3.71. The number of methoxy groups -OCH3 is 1. The zero-order chi connectivity index (χ0) is 20.1. The molecule has 0 bridgehead atoms. The lowest BCUT2D eigenvalue weighted by Gasteiger charge is -2.21. The average Bonchev–Trinajstić information content (AvgIpc) is 2.68. The molecule has 0 aromatic heterocycles. The molecule has 6 heteroatoms. The standard InChI is InChI=1S/C22H19Cl2NO3/c1-14-8-10-20(27-2)18(12-14)25-22(26)21(15-6-4-3-5-7-15)28-19-11-9-16(23)13-17(19)24/h3-13,21H,1-2H3,(H,25,26)/t21-/m0/s1. The second-order valence-electron chi connectivity index (χ2n) is 6.18. The lowest BCUT2D eigenvalue weighted by atomic mass is 10.1. The number of amides is 1. The first-order valence-electron chi connectivity index (χ1n) is 8.60. The molecule has 1 amide bonds. The van der Waals surface area contributed by atoms with E-state index in [1.54, 1.807) is 31.4 Å². The zero-order valence-corrected chi connectivity index (χ0v) is 16.9. The van der Waals surface area contributed by atoms with Crippen LogP contribution in [0.1, 0.15) is 17.2 Å². The third kappa shape index (κ3) is 4.77. The Morgan fingerprint density at radius 2 is 1.68 bits per heavy atom. The molecule has 0 aliphatic heterocycles. The third-order valence-electron chi connectivity index (χ3n) is 4.09. The maximum absolute atomic E-state index is 13.1. The summed E-state index contributed by atoms with van der Waals surface area (Å²) >= 11 is 12.2. The van der Waals surface area contributed by atoms with Crippen LogP contribution in [0.25, 0.3) is 0 Å². The summed E-state index contributed by atoms with van der Waals surface area (Å²) in [7, 11) is 1.55. The predicted molar refractivity (Wildman–Crippen MR) is 113 cm³/mol. The molecule has 0 heterocycles. The summed E-state index contributed by atoms with van der Waals surface area (Å²) in [6, 6.07) is 19.6. The highest BCUT2D eigenvalue weighted by atomic mass is 35.5. The van der Waals surface area contributed by atoms with Crippen molar-refractivity contribution >= 4 is 34.8 Å². The van der Waals surface area contributed by atoms with Gasteiger partial charge in [-0.2, -0.15) is 0 Å². The van der Waals surface area contributed by atoms with Crippen molar-refractivity contribution in [3.63, 3.8) is 0 Å². The number of ether oxygens (including phenoxy) is 2. The van der Waals surface area contributed by atoms with Gasteiger partial charge in [-0.3, -0.25) is 4.79 Å². The molecule has 0 aliphatic rings. The van der Waals surface area contributed by atoms with E-state index in [4.69, 9.17) is 32.7 Å². The van der Waals surface area contributed by atoms with E-state index in [-0.39, 0.29) is 5.91 Å². The molecule has 3 rings (SSSR count). The van der Waals surface area contributed by atoms with Crippen LogP contribution in [0.4, 0.5) is 5.69 Å². The van der Waals surface area contributed by atoms with Gasteiger partial charge in [-0.25, -0.2) is 0 Å². The zero-order valence-electron chi connectivity index (χ0n) is 15.4. The fourth-order valence-electron chi connectivity index (χ4n) is 2.72. The van der Waals surface area contributed by atoms with Gasteiger partial charge < -0.3 is 14.8 Å². The van der Waals surface area contributed by atoms with Crippen LogP contribution in [0.15, 0.2) is 66.7 Å². The molecule has 0 radical (unpaired) electrons. The minimum atomic E-state index is -0.912. The molecule has 3 aromatic rings. The summed E-state index contributed by atoms with van der Waals surface area (Å²) < 4.78 is 11.3. The first-order valence-corrected chi connectivity index (χ1v) is 9.35. The number of hydrogen-bond acceptors (Lipinski definition) is 3. The summed E-state index contributed by atoms with van der Waals surface area (Å²) in [6.07, 6.45) is -0.912. The van der Waals surface area contributed by atoms with Gasteiger partial charge in [0.1, 0.15) is 11.5 Å². The number of rotatable bonds is 6. The van der Waals surface area contributed by atoms with Crippen molar-refractivity contribution in [2.75, 3.05) is 12.4 Å². The van der Waals surface area contributed by atoms with Gasteiger partial charge in [-0.05, 0) is 42.8 Å². The smallest absolute Gasteiger partial charge is 0.270 e. The Morgan fingerprint density at radius 3 is 2.36 bits per heavy atom. The molecule has 0 unspecified atom stereocenters. The van der Waals surface area contributed by atoms with Crippen molar-refractivity contribution in [1.82, 2.24) is 0 Å². The van der Waals surface area contributed by atoms with Crippen molar-refractivity contribution in [3.05, 3.63) is 87.9 Å². The predicted octanol–water partition coefficient (Wildman–Crippen LogP) is 6.07. The summed E-state index contributed by atoms with van der Waals surface area (Å²) in [4.78, 5) is 13.1. The number of aryl methyl sites for hydroxylation is 1. The van der Waals surface area contributed by atoms with Crippen molar-refractivity contribution in [3.8, 4) is 11.5 Å². The molecular weight excluding hydrogens is 397 g/mol. The Morgan fingerprint density at radius 1 is 0.964 bits per heavy atom. The Labute approximate surface area is 174 Å². The van der Waals surface area contributed by atoms with Gasteiger partial charge in [0.05, 0.1) is 17.8 Å². The maximum atomic E-state index is 13.1. The fraction of sp³-hybridized carbons (Fsp3) is 0.136.